The number of hydrogen-bond acceptors (Lipinski definition) is 3. The van der Waals surface area contributed by atoms with Gasteiger partial charge in [-0.25, -0.2) is 0 Å². The van der Waals surface area contributed by atoms with Gasteiger partial charge in [-0.1, -0.05) is 0 Å². The Balaban J connectivity index is 1.62. The molecule has 3 heteroatoms. The molecule has 2 fully saturated rings. The van der Waals surface area contributed by atoms with Crippen molar-refractivity contribution < 1.29 is 4.79 Å². The topological polar surface area (TPSA) is 17.1 Å². The summed E-state index contributed by atoms with van der Waals surface area (Å²) in [6.07, 6.45) is 1.74. The van der Waals surface area contributed by atoms with Crippen molar-refractivity contribution in [2.45, 2.75) is 12.8 Å². The molecule has 0 aromatic carbocycles. The Morgan fingerprint density at radius 2 is 1.42 bits per heavy atom. The Kier molecular flexibility index (Phi) is 3.02. The Bertz CT molecular complexity index is 155. The minimum absolute atomic E-state index is 0.519. The van der Waals surface area contributed by atoms with Crippen molar-refractivity contribution in [2.24, 2.45) is 11.8 Å². The van der Waals surface area contributed by atoms with Gasteiger partial charge in [0, 0.05) is 12.8 Å². The first-order valence-corrected chi connectivity index (χ1v) is 6.82. The fraction of sp³-hybridized carbons (Fsp3) is 0.889. The molecule has 2 aliphatic rings. The summed E-state index contributed by atoms with van der Waals surface area (Å²) in [4.78, 5) is 11.4. The lowest BCUT2D eigenvalue weighted by atomic mass is 9.98. The number of Topliss-reactive ketones (excluding diaryl/α,β-unsaturated/α-hetero) is 1. The quantitative estimate of drug-likeness (QED) is 0.694. The van der Waals surface area contributed by atoms with E-state index < -0.39 is 0 Å². The molecular formula is C9H14OS2. The molecule has 0 aliphatic carbocycles. The highest BCUT2D eigenvalue weighted by molar-refractivity contribution is 8.00. The summed E-state index contributed by atoms with van der Waals surface area (Å²) in [7, 11) is 0. The zero-order chi connectivity index (χ0) is 8.39. The van der Waals surface area contributed by atoms with Crippen molar-refractivity contribution in [3.8, 4) is 0 Å². The van der Waals surface area contributed by atoms with Crippen molar-refractivity contribution >= 4 is 29.3 Å². The van der Waals surface area contributed by atoms with Crippen LogP contribution in [0.2, 0.25) is 0 Å². The number of carbonyl (C=O) groups is 1. The van der Waals surface area contributed by atoms with Gasteiger partial charge in [0.2, 0.25) is 0 Å². The maximum Gasteiger partial charge on any atom is 0.133 e. The number of thioether (sulfide) groups is 2. The maximum absolute atomic E-state index is 11.4. The zero-order valence-corrected chi connectivity index (χ0v) is 8.76. The van der Waals surface area contributed by atoms with Gasteiger partial charge in [-0.3, -0.25) is 4.79 Å². The van der Waals surface area contributed by atoms with Crippen LogP contribution in [0, 0.1) is 11.8 Å². The summed E-state index contributed by atoms with van der Waals surface area (Å²) in [5, 5.41) is 0. The minimum atomic E-state index is 0.519. The molecule has 2 aliphatic heterocycles. The van der Waals surface area contributed by atoms with Crippen LogP contribution in [-0.4, -0.2) is 28.8 Å². The first-order chi connectivity index (χ1) is 5.84. The molecule has 0 bridgehead atoms. The van der Waals surface area contributed by atoms with Gasteiger partial charge >= 0.3 is 0 Å². The molecule has 1 nitrogen and oxygen atoms in total. The van der Waals surface area contributed by atoms with Crippen molar-refractivity contribution in [2.75, 3.05) is 23.0 Å². The Morgan fingerprint density at radius 3 is 1.67 bits per heavy atom. The molecule has 2 saturated heterocycles. The van der Waals surface area contributed by atoms with E-state index in [1.54, 1.807) is 0 Å². The van der Waals surface area contributed by atoms with Crippen LogP contribution in [0.5, 0.6) is 0 Å². The predicted molar refractivity (Wildman–Crippen MR) is 55.9 cm³/mol. The van der Waals surface area contributed by atoms with E-state index in [9.17, 15) is 4.79 Å². The standard InChI is InChI=1S/C9H14OS2/c10-9(1-7-3-11-4-7)2-8-5-12-6-8/h7-8H,1-6H2. The average molecular weight is 202 g/mol. The van der Waals surface area contributed by atoms with Crippen LogP contribution in [0.25, 0.3) is 0 Å². The lowest BCUT2D eigenvalue weighted by Gasteiger charge is -2.27. The van der Waals surface area contributed by atoms with E-state index in [2.05, 4.69) is 0 Å². The molecule has 2 rings (SSSR count). The third kappa shape index (κ3) is 2.19. The number of hydrogen-bond donors (Lipinski definition) is 0. The van der Waals surface area contributed by atoms with E-state index in [4.69, 9.17) is 0 Å². The molecule has 0 N–H and O–H groups in total. The van der Waals surface area contributed by atoms with Crippen LogP contribution >= 0.6 is 23.5 Å². The molecule has 0 radical (unpaired) electrons. The van der Waals surface area contributed by atoms with Crippen molar-refractivity contribution in [1.82, 2.24) is 0 Å². The molecule has 2 heterocycles. The molecule has 0 spiro atoms. The van der Waals surface area contributed by atoms with Crippen molar-refractivity contribution in [3.05, 3.63) is 0 Å². The van der Waals surface area contributed by atoms with Gasteiger partial charge in [0.05, 0.1) is 0 Å². The Morgan fingerprint density at radius 1 is 1.00 bits per heavy atom. The first-order valence-electron chi connectivity index (χ1n) is 4.52. The number of ketones is 1. The third-order valence-electron chi connectivity index (χ3n) is 2.45. The molecule has 0 atom stereocenters. The highest BCUT2D eigenvalue weighted by Crippen LogP contribution is 2.31. The smallest absolute Gasteiger partial charge is 0.133 e. The summed E-state index contributed by atoms with van der Waals surface area (Å²) in [6, 6.07) is 0. The second-order valence-corrected chi connectivity index (χ2v) is 5.90. The highest BCUT2D eigenvalue weighted by Gasteiger charge is 2.25. The van der Waals surface area contributed by atoms with Crippen LogP contribution in [0.3, 0.4) is 0 Å². The van der Waals surface area contributed by atoms with Crippen molar-refractivity contribution in [3.63, 3.8) is 0 Å². The summed E-state index contributed by atoms with van der Waals surface area (Å²) in [5.41, 5.74) is 0. The van der Waals surface area contributed by atoms with Gasteiger partial charge in [-0.2, -0.15) is 23.5 Å². The summed E-state index contributed by atoms with van der Waals surface area (Å²) < 4.78 is 0. The maximum atomic E-state index is 11.4. The van der Waals surface area contributed by atoms with E-state index in [1.807, 2.05) is 23.5 Å². The highest BCUT2D eigenvalue weighted by atomic mass is 32.2. The van der Waals surface area contributed by atoms with Gasteiger partial charge in [-0.05, 0) is 34.8 Å². The van der Waals surface area contributed by atoms with Crippen LogP contribution < -0.4 is 0 Å². The molecule has 0 amide bonds. The molecule has 12 heavy (non-hydrogen) atoms. The van der Waals surface area contributed by atoms with E-state index in [0.717, 1.165) is 24.7 Å². The third-order valence-corrected chi connectivity index (χ3v) is 5.28. The number of carbonyl (C=O) groups excluding carboxylic acids is 1. The SMILES string of the molecule is O=C(CC1CSC1)CC1CSC1. The predicted octanol–water partition coefficient (Wildman–Crippen LogP) is 2.06. The largest absolute Gasteiger partial charge is 0.300 e. The summed E-state index contributed by atoms with van der Waals surface area (Å²) >= 11 is 3.94. The average Bonchev–Trinajstić information content (AvgIpc) is 1.89. The molecule has 0 aromatic rings. The molecule has 0 aromatic heterocycles. The van der Waals surface area contributed by atoms with Crippen LogP contribution in [-0.2, 0) is 4.79 Å². The number of rotatable bonds is 4. The fourth-order valence-corrected chi connectivity index (χ4v) is 3.14. The van der Waals surface area contributed by atoms with E-state index >= 15 is 0 Å². The van der Waals surface area contributed by atoms with Gasteiger partial charge in [0.25, 0.3) is 0 Å². The second kappa shape index (κ2) is 4.05. The van der Waals surface area contributed by atoms with E-state index in [-0.39, 0.29) is 0 Å². The second-order valence-electron chi connectivity index (χ2n) is 3.75. The van der Waals surface area contributed by atoms with Crippen LogP contribution in [0.15, 0.2) is 0 Å². The zero-order valence-electron chi connectivity index (χ0n) is 7.12. The summed E-state index contributed by atoms with van der Waals surface area (Å²) in [6.45, 7) is 0. The Labute approximate surface area is 82.1 Å². The van der Waals surface area contributed by atoms with E-state index in [1.165, 1.54) is 23.0 Å². The molecule has 0 saturated carbocycles. The Hall–Kier alpha value is 0.370. The normalized spacial score (nSPS) is 24.7. The molecule has 0 unspecified atom stereocenters. The van der Waals surface area contributed by atoms with Gasteiger partial charge in [0.1, 0.15) is 5.78 Å². The summed E-state index contributed by atoms with van der Waals surface area (Å²) in [5.74, 6) is 6.89. The van der Waals surface area contributed by atoms with E-state index in [0.29, 0.717) is 5.78 Å². The lowest BCUT2D eigenvalue weighted by Crippen LogP contribution is -2.26. The van der Waals surface area contributed by atoms with Crippen LogP contribution in [0.1, 0.15) is 12.8 Å². The molecular weight excluding hydrogens is 188 g/mol. The van der Waals surface area contributed by atoms with Gasteiger partial charge < -0.3 is 0 Å². The van der Waals surface area contributed by atoms with Crippen LogP contribution in [0.4, 0.5) is 0 Å². The van der Waals surface area contributed by atoms with Gasteiger partial charge in [0.15, 0.2) is 0 Å². The fourth-order valence-electron chi connectivity index (χ4n) is 1.53. The minimum Gasteiger partial charge on any atom is -0.300 e. The van der Waals surface area contributed by atoms with Gasteiger partial charge in [-0.15, -0.1) is 0 Å². The van der Waals surface area contributed by atoms with Crippen molar-refractivity contribution in [1.29, 1.82) is 0 Å². The monoisotopic (exact) mass is 202 g/mol. The first kappa shape index (κ1) is 8.95. The molecule has 68 valence electrons. The lowest BCUT2D eigenvalue weighted by molar-refractivity contribution is -0.120.